The van der Waals surface area contributed by atoms with Crippen LogP contribution in [0.3, 0.4) is 0 Å². The van der Waals surface area contributed by atoms with E-state index in [9.17, 15) is 8.42 Å². The Hall–Kier alpha value is -0.810. The van der Waals surface area contributed by atoms with Crippen molar-refractivity contribution >= 4 is 9.84 Å². The number of sulfone groups is 1. The van der Waals surface area contributed by atoms with E-state index in [0.29, 0.717) is 23.9 Å². The van der Waals surface area contributed by atoms with Crippen molar-refractivity contribution in [2.45, 2.75) is 88.0 Å². The summed E-state index contributed by atoms with van der Waals surface area (Å²) in [6.07, 6.45) is 16.6. The fourth-order valence-corrected chi connectivity index (χ4v) is 7.41. The maximum atomic E-state index is 12.7. The van der Waals surface area contributed by atoms with E-state index in [4.69, 9.17) is 0 Å². The summed E-state index contributed by atoms with van der Waals surface area (Å²) in [7, 11) is -0.811. The van der Waals surface area contributed by atoms with Crippen molar-refractivity contribution in [3.05, 3.63) is 23.3 Å². The van der Waals surface area contributed by atoms with Gasteiger partial charge in [0, 0.05) is 23.4 Å². The fourth-order valence-electron chi connectivity index (χ4n) is 5.75. The van der Waals surface area contributed by atoms with Crippen LogP contribution in [0.4, 0.5) is 0 Å². The van der Waals surface area contributed by atoms with E-state index in [1.54, 1.807) is 11.0 Å². The first kappa shape index (κ1) is 19.5. The smallest absolute Gasteiger partial charge is 0.174 e. The maximum absolute atomic E-state index is 12.7. The molecule has 2 aliphatic carbocycles. The van der Waals surface area contributed by atoms with Crippen LogP contribution >= 0.6 is 0 Å². The average molecular weight is 393 g/mol. The van der Waals surface area contributed by atoms with Gasteiger partial charge in [0.2, 0.25) is 0 Å². The van der Waals surface area contributed by atoms with E-state index in [1.165, 1.54) is 32.2 Å². The van der Waals surface area contributed by atoms with Gasteiger partial charge in [-0.2, -0.15) is 0 Å². The lowest BCUT2D eigenvalue weighted by molar-refractivity contribution is 0.268. The topological polar surface area (TPSA) is 49.4 Å². The highest BCUT2D eigenvalue weighted by atomic mass is 32.2. The van der Waals surface area contributed by atoms with Gasteiger partial charge in [0.05, 0.1) is 5.25 Å². The minimum absolute atomic E-state index is 0.125. The molecule has 1 N–H and O–H groups in total. The minimum atomic E-state index is -3.06. The lowest BCUT2D eigenvalue weighted by Gasteiger charge is -2.33. The summed E-state index contributed by atoms with van der Waals surface area (Å²) in [5, 5.41) is 5.08. The van der Waals surface area contributed by atoms with Gasteiger partial charge >= 0.3 is 0 Å². The third-order valence-electron chi connectivity index (χ3n) is 7.55. The standard InChI is InChI=1S/C22H36N2O2S/c1-24-12-5-6-19(24)15-18-16-23-22-10-9-17(14-21(18)22)11-13-27(25,26)20-7-3-2-4-8-20/h11,13,16-17,19-23H,2-10,12,14-15H2,1H3/b13-11+/t17?,19-,21?,22?/m1/s1. The molecule has 0 aromatic rings. The van der Waals surface area contributed by atoms with E-state index in [-0.39, 0.29) is 5.25 Å². The predicted molar refractivity (Wildman–Crippen MR) is 111 cm³/mol. The zero-order valence-electron chi connectivity index (χ0n) is 16.8. The highest BCUT2D eigenvalue weighted by Gasteiger charge is 2.37. The summed E-state index contributed by atoms with van der Waals surface area (Å²) in [6.45, 7) is 1.23. The Balaban J connectivity index is 1.36. The second-order valence-electron chi connectivity index (χ2n) is 9.33. The van der Waals surface area contributed by atoms with Crippen molar-refractivity contribution in [3.63, 3.8) is 0 Å². The first-order chi connectivity index (χ1) is 13.0. The molecule has 0 bridgehead atoms. The van der Waals surface area contributed by atoms with Crippen molar-refractivity contribution < 1.29 is 8.42 Å². The molecule has 2 heterocycles. The van der Waals surface area contributed by atoms with E-state index in [2.05, 4.69) is 23.5 Å². The quantitative estimate of drug-likeness (QED) is 0.768. The van der Waals surface area contributed by atoms with Gasteiger partial charge in [0.25, 0.3) is 0 Å². The number of fused-ring (bicyclic) bond motifs is 1. The van der Waals surface area contributed by atoms with Crippen LogP contribution in [0.2, 0.25) is 0 Å². The van der Waals surface area contributed by atoms with E-state index >= 15 is 0 Å². The lowest BCUT2D eigenvalue weighted by atomic mass is 9.75. The Kier molecular flexibility index (Phi) is 5.98. The Morgan fingerprint density at radius 2 is 1.93 bits per heavy atom. The molecule has 2 saturated carbocycles. The van der Waals surface area contributed by atoms with Crippen LogP contribution in [0.5, 0.6) is 0 Å². The van der Waals surface area contributed by atoms with Gasteiger partial charge in [-0.1, -0.05) is 25.3 Å². The molecule has 27 heavy (non-hydrogen) atoms. The molecule has 0 amide bonds. The zero-order valence-corrected chi connectivity index (χ0v) is 17.6. The molecule has 0 aromatic carbocycles. The highest BCUT2D eigenvalue weighted by Crippen LogP contribution is 2.40. The van der Waals surface area contributed by atoms with Crippen LogP contribution in [0.1, 0.15) is 70.6 Å². The van der Waals surface area contributed by atoms with Crippen LogP contribution in [-0.2, 0) is 9.84 Å². The number of likely N-dealkylation sites (tertiary alicyclic amines) is 1. The third-order valence-corrected chi connectivity index (χ3v) is 9.49. The lowest BCUT2D eigenvalue weighted by Crippen LogP contribution is -2.34. The van der Waals surface area contributed by atoms with Crippen LogP contribution in [0.15, 0.2) is 23.3 Å². The van der Waals surface area contributed by atoms with Gasteiger partial charge in [0.15, 0.2) is 9.84 Å². The van der Waals surface area contributed by atoms with Crippen LogP contribution < -0.4 is 5.32 Å². The predicted octanol–water partition coefficient (Wildman–Crippen LogP) is 4.00. The molecule has 4 rings (SSSR count). The molecule has 4 nitrogen and oxygen atoms in total. The summed E-state index contributed by atoms with van der Waals surface area (Å²) in [6, 6.07) is 1.27. The number of hydrogen-bond acceptors (Lipinski definition) is 4. The van der Waals surface area contributed by atoms with Gasteiger partial charge in [0.1, 0.15) is 0 Å². The van der Waals surface area contributed by atoms with Crippen molar-refractivity contribution in [1.82, 2.24) is 10.2 Å². The molecule has 0 spiro atoms. The Labute approximate surface area is 165 Å². The summed E-state index contributed by atoms with van der Waals surface area (Å²) in [5.41, 5.74) is 1.58. The van der Waals surface area contributed by atoms with Crippen molar-refractivity contribution in [1.29, 1.82) is 0 Å². The average Bonchev–Trinajstić information content (AvgIpc) is 3.27. The zero-order chi connectivity index (χ0) is 18.9. The van der Waals surface area contributed by atoms with Gasteiger partial charge in [-0.25, -0.2) is 8.42 Å². The van der Waals surface area contributed by atoms with Crippen molar-refractivity contribution in [2.75, 3.05) is 13.6 Å². The van der Waals surface area contributed by atoms with Crippen LogP contribution in [0, 0.1) is 11.8 Å². The van der Waals surface area contributed by atoms with Crippen molar-refractivity contribution in [3.8, 4) is 0 Å². The molecular weight excluding hydrogens is 356 g/mol. The molecule has 152 valence electrons. The van der Waals surface area contributed by atoms with Gasteiger partial charge in [-0.05, 0) is 82.6 Å². The molecule has 5 heteroatoms. The molecule has 4 aliphatic rings. The third kappa shape index (κ3) is 4.45. The van der Waals surface area contributed by atoms with Crippen LogP contribution in [-0.4, -0.2) is 44.2 Å². The fraction of sp³-hybridized carbons (Fsp3) is 0.818. The number of rotatable bonds is 5. The summed E-state index contributed by atoms with van der Waals surface area (Å²) in [4.78, 5) is 2.51. The van der Waals surface area contributed by atoms with E-state index < -0.39 is 9.84 Å². The maximum Gasteiger partial charge on any atom is 0.174 e. The second-order valence-corrected chi connectivity index (χ2v) is 11.4. The first-order valence-corrected chi connectivity index (χ1v) is 12.7. The Morgan fingerprint density at radius 3 is 2.67 bits per heavy atom. The summed E-state index contributed by atoms with van der Waals surface area (Å²) in [5.74, 6) is 1.01. The van der Waals surface area contributed by atoms with Gasteiger partial charge in [-0.15, -0.1) is 0 Å². The molecule has 0 aromatic heterocycles. The van der Waals surface area contributed by atoms with E-state index in [0.717, 1.165) is 44.9 Å². The molecule has 3 fully saturated rings. The minimum Gasteiger partial charge on any atom is -0.388 e. The Bertz CT molecular complexity index is 678. The number of nitrogens with one attached hydrogen (secondary N) is 1. The van der Waals surface area contributed by atoms with Gasteiger partial charge in [-0.3, -0.25) is 0 Å². The monoisotopic (exact) mass is 392 g/mol. The van der Waals surface area contributed by atoms with E-state index in [1.807, 2.05) is 6.08 Å². The second kappa shape index (κ2) is 8.28. The number of allylic oxidation sites excluding steroid dienone is 1. The molecule has 1 saturated heterocycles. The summed E-state index contributed by atoms with van der Waals surface area (Å²) < 4.78 is 25.3. The molecule has 3 unspecified atom stereocenters. The molecule has 2 aliphatic heterocycles. The normalized spacial score (nSPS) is 36.0. The molecular formula is C22H36N2O2S. The summed E-state index contributed by atoms with van der Waals surface area (Å²) >= 11 is 0. The Morgan fingerprint density at radius 1 is 1.11 bits per heavy atom. The van der Waals surface area contributed by atoms with Crippen molar-refractivity contribution in [2.24, 2.45) is 11.8 Å². The van der Waals surface area contributed by atoms with Crippen LogP contribution in [0.25, 0.3) is 0 Å². The molecule has 0 radical (unpaired) electrons. The molecule has 4 atom stereocenters. The SMILES string of the molecule is CN1CCC[C@@H]1CC1=CNC2CCC(/C=C/S(=O)(=O)C3CCCCC3)CC12. The van der Waals surface area contributed by atoms with Gasteiger partial charge < -0.3 is 10.2 Å². The number of hydrogen-bond donors (Lipinski definition) is 1. The highest BCUT2D eigenvalue weighted by molar-refractivity contribution is 7.94. The number of nitrogens with zero attached hydrogens (tertiary/aromatic N) is 1. The first-order valence-electron chi connectivity index (χ1n) is 11.1. The largest absolute Gasteiger partial charge is 0.388 e.